The van der Waals surface area contributed by atoms with Crippen LogP contribution in [-0.2, 0) is 20.7 Å². The van der Waals surface area contributed by atoms with Crippen LogP contribution in [0.25, 0.3) is 0 Å². The van der Waals surface area contributed by atoms with Gasteiger partial charge in [0.05, 0.1) is 13.7 Å². The van der Waals surface area contributed by atoms with Crippen LogP contribution in [0, 0.1) is 12.8 Å². The Hall–Kier alpha value is -4.91. The Morgan fingerprint density at radius 3 is 2.11 bits per heavy atom. The molecule has 45 heavy (non-hydrogen) atoms. The molecule has 4 aromatic rings. The predicted octanol–water partition coefficient (Wildman–Crippen LogP) is 7.27. The minimum absolute atomic E-state index is 0.0383. The first-order valence-electron chi connectivity index (χ1n) is 15.5. The Kier molecular flexibility index (Phi) is 11.9. The van der Waals surface area contributed by atoms with Crippen LogP contribution in [0.1, 0.15) is 53.7 Å². The van der Waals surface area contributed by atoms with Crippen LogP contribution in [0.5, 0.6) is 5.75 Å². The van der Waals surface area contributed by atoms with E-state index in [1.165, 1.54) is 7.11 Å². The summed E-state index contributed by atoms with van der Waals surface area (Å²) in [7, 11) is 1.35. The molecular weight excluding hydrogens is 564 g/mol. The minimum atomic E-state index is -0.717. The van der Waals surface area contributed by atoms with Crippen molar-refractivity contribution < 1.29 is 23.9 Å². The van der Waals surface area contributed by atoms with E-state index in [0.29, 0.717) is 42.1 Å². The van der Waals surface area contributed by atoms with Gasteiger partial charge in [-0.15, -0.1) is 0 Å². The number of methoxy groups -OCH3 is 1. The summed E-state index contributed by atoms with van der Waals surface area (Å²) in [6, 6.07) is 30.9. The van der Waals surface area contributed by atoms with E-state index in [-0.39, 0.29) is 17.6 Å². The second-order valence-electron chi connectivity index (χ2n) is 10.9. The molecule has 0 aliphatic carbocycles. The summed E-state index contributed by atoms with van der Waals surface area (Å²) in [5, 5.41) is 3.24. The van der Waals surface area contributed by atoms with Gasteiger partial charge in [0, 0.05) is 34.8 Å². The molecular formula is C38H42N2O5. The summed E-state index contributed by atoms with van der Waals surface area (Å²) in [4.78, 5) is 41.3. The molecule has 0 spiro atoms. The fourth-order valence-electron chi connectivity index (χ4n) is 5.36. The number of hydrogen-bond donors (Lipinski definition) is 1. The molecule has 1 atom stereocenters. The largest absolute Gasteiger partial charge is 0.492 e. The molecule has 0 heterocycles. The number of rotatable bonds is 15. The number of esters is 1. The van der Waals surface area contributed by atoms with Crippen molar-refractivity contribution >= 4 is 29.0 Å². The third kappa shape index (κ3) is 8.60. The number of ether oxygens (including phenoxy) is 2. The first kappa shape index (κ1) is 33.0. The third-order valence-corrected chi connectivity index (χ3v) is 7.98. The predicted molar refractivity (Wildman–Crippen MR) is 179 cm³/mol. The average molecular weight is 607 g/mol. The van der Waals surface area contributed by atoms with Gasteiger partial charge in [0.1, 0.15) is 18.4 Å². The number of anilines is 2. The van der Waals surface area contributed by atoms with Crippen molar-refractivity contribution in [1.29, 1.82) is 0 Å². The molecule has 4 aromatic carbocycles. The molecule has 1 N–H and O–H groups in total. The van der Waals surface area contributed by atoms with Gasteiger partial charge in [0.15, 0.2) is 5.78 Å². The van der Waals surface area contributed by atoms with Crippen LogP contribution in [0.2, 0.25) is 0 Å². The molecule has 0 radical (unpaired) electrons. The van der Waals surface area contributed by atoms with Gasteiger partial charge in [-0.25, -0.2) is 4.79 Å². The number of nitrogens with one attached hydrogen (secondary N) is 1. The molecule has 0 fully saturated rings. The molecule has 7 nitrogen and oxygen atoms in total. The zero-order valence-electron chi connectivity index (χ0n) is 26.5. The highest BCUT2D eigenvalue weighted by molar-refractivity contribution is 6.12. The van der Waals surface area contributed by atoms with Crippen molar-refractivity contribution in [2.45, 2.75) is 46.1 Å². The Balaban J connectivity index is 1.43. The summed E-state index contributed by atoms with van der Waals surface area (Å²) in [5.74, 6) is 0.173. The molecule has 4 rings (SSSR count). The zero-order valence-corrected chi connectivity index (χ0v) is 26.5. The smallest absolute Gasteiger partial charge is 0.328 e. The van der Waals surface area contributed by atoms with Crippen LogP contribution in [0.15, 0.2) is 103 Å². The van der Waals surface area contributed by atoms with E-state index in [1.54, 1.807) is 30.3 Å². The Morgan fingerprint density at radius 1 is 0.800 bits per heavy atom. The Labute approximate surface area is 266 Å². The lowest BCUT2D eigenvalue weighted by molar-refractivity contribution is -0.141. The van der Waals surface area contributed by atoms with Gasteiger partial charge in [-0.1, -0.05) is 86.6 Å². The van der Waals surface area contributed by atoms with Crippen molar-refractivity contribution in [3.05, 3.63) is 125 Å². The van der Waals surface area contributed by atoms with E-state index >= 15 is 0 Å². The first-order chi connectivity index (χ1) is 21.9. The third-order valence-electron chi connectivity index (χ3n) is 7.98. The summed E-state index contributed by atoms with van der Waals surface area (Å²) >= 11 is 0. The second kappa shape index (κ2) is 16.2. The van der Waals surface area contributed by atoms with E-state index < -0.39 is 12.0 Å². The maximum absolute atomic E-state index is 13.4. The number of nitrogens with zero attached hydrogens (tertiary/aromatic N) is 1. The molecule has 0 unspecified atom stereocenters. The molecule has 1 amide bonds. The number of hydrogen-bond acceptors (Lipinski definition) is 6. The van der Waals surface area contributed by atoms with E-state index in [0.717, 1.165) is 29.7 Å². The van der Waals surface area contributed by atoms with Crippen LogP contribution < -0.4 is 15.0 Å². The fourth-order valence-corrected chi connectivity index (χ4v) is 5.36. The number of para-hydroxylation sites is 2. The quantitative estimate of drug-likeness (QED) is 0.113. The SMILES string of the molecule is CCC(CC)C(=O)N(CCOc1ccc(C[C@H](Nc2ccccc2C(=O)c2ccccc2)C(=O)OC)cc1)c1ccccc1C. The van der Waals surface area contributed by atoms with Gasteiger partial charge >= 0.3 is 5.97 Å². The minimum Gasteiger partial charge on any atom is -0.492 e. The number of ketones is 1. The average Bonchev–Trinajstić information content (AvgIpc) is 3.08. The normalized spacial score (nSPS) is 11.5. The van der Waals surface area contributed by atoms with Gasteiger partial charge < -0.3 is 19.7 Å². The first-order valence-corrected chi connectivity index (χ1v) is 15.5. The summed E-state index contributed by atoms with van der Waals surface area (Å²) in [5.41, 5.74) is 4.44. The molecule has 0 saturated heterocycles. The molecule has 0 aliphatic rings. The second-order valence-corrected chi connectivity index (χ2v) is 10.9. The maximum Gasteiger partial charge on any atom is 0.328 e. The lowest BCUT2D eigenvalue weighted by atomic mass is 10.00. The van der Waals surface area contributed by atoms with Gasteiger partial charge in [0.25, 0.3) is 0 Å². The Bertz CT molecular complexity index is 1560. The zero-order chi connectivity index (χ0) is 32.2. The van der Waals surface area contributed by atoms with Gasteiger partial charge in [-0.2, -0.15) is 0 Å². The van der Waals surface area contributed by atoms with Crippen LogP contribution in [0.3, 0.4) is 0 Å². The number of aryl methyl sites for hydroxylation is 1. The van der Waals surface area contributed by atoms with Crippen molar-refractivity contribution in [3.63, 3.8) is 0 Å². The number of carbonyl (C=O) groups is 3. The number of benzene rings is 4. The van der Waals surface area contributed by atoms with Gasteiger partial charge in [-0.05, 0) is 61.2 Å². The van der Waals surface area contributed by atoms with Crippen molar-refractivity contribution in [3.8, 4) is 5.75 Å². The standard InChI is InChI=1S/C38H42N2O5/c1-5-29(6-2)37(42)40(35-19-13-10-14-27(35)3)24-25-45-31-22-20-28(21-23-31)26-34(38(43)44-4)39-33-18-12-11-17-32(33)36(41)30-15-8-7-9-16-30/h7-23,29,34,39H,5-6,24-26H2,1-4H3/t34-/m0/s1. The highest BCUT2D eigenvalue weighted by atomic mass is 16.5. The van der Waals surface area contributed by atoms with E-state index in [2.05, 4.69) is 5.32 Å². The van der Waals surface area contributed by atoms with Crippen LogP contribution in [-0.4, -0.2) is 44.0 Å². The van der Waals surface area contributed by atoms with E-state index in [9.17, 15) is 14.4 Å². The van der Waals surface area contributed by atoms with Crippen molar-refractivity contribution in [2.24, 2.45) is 5.92 Å². The summed E-state index contributed by atoms with van der Waals surface area (Å²) in [6.07, 6.45) is 1.92. The van der Waals surface area contributed by atoms with E-state index in [4.69, 9.17) is 9.47 Å². The number of amides is 1. The fraction of sp³-hybridized carbons (Fsp3) is 0.289. The monoisotopic (exact) mass is 606 g/mol. The van der Waals surface area contributed by atoms with Crippen molar-refractivity contribution in [1.82, 2.24) is 0 Å². The van der Waals surface area contributed by atoms with Gasteiger partial charge in [0.2, 0.25) is 5.91 Å². The molecule has 0 bridgehead atoms. The number of carbonyl (C=O) groups excluding carboxylic acids is 3. The topological polar surface area (TPSA) is 84.9 Å². The molecule has 0 aliphatic heterocycles. The van der Waals surface area contributed by atoms with Crippen LogP contribution >= 0.6 is 0 Å². The molecule has 0 saturated carbocycles. The highest BCUT2D eigenvalue weighted by Crippen LogP contribution is 2.25. The molecule has 0 aromatic heterocycles. The maximum atomic E-state index is 13.4. The van der Waals surface area contributed by atoms with Gasteiger partial charge in [-0.3, -0.25) is 9.59 Å². The lowest BCUT2D eigenvalue weighted by Gasteiger charge is -2.28. The molecule has 7 heteroatoms. The van der Waals surface area contributed by atoms with Crippen LogP contribution in [0.4, 0.5) is 11.4 Å². The highest BCUT2D eigenvalue weighted by Gasteiger charge is 2.25. The van der Waals surface area contributed by atoms with Crippen molar-refractivity contribution in [2.75, 3.05) is 30.5 Å². The molecule has 234 valence electrons. The lowest BCUT2D eigenvalue weighted by Crippen LogP contribution is -2.39. The Morgan fingerprint density at radius 2 is 1.44 bits per heavy atom. The summed E-state index contributed by atoms with van der Waals surface area (Å²) in [6.45, 7) is 6.86. The summed E-state index contributed by atoms with van der Waals surface area (Å²) < 4.78 is 11.2. The van der Waals surface area contributed by atoms with E-state index in [1.807, 2.05) is 98.5 Å².